The van der Waals surface area contributed by atoms with Crippen LogP contribution in [0.1, 0.15) is 36.8 Å². The molecule has 0 radical (unpaired) electrons. The molecule has 1 amide bonds. The highest BCUT2D eigenvalue weighted by Crippen LogP contribution is 2.27. The molecule has 32 heavy (non-hydrogen) atoms. The zero-order valence-corrected chi connectivity index (χ0v) is 19.1. The van der Waals surface area contributed by atoms with Gasteiger partial charge in [0.1, 0.15) is 16.4 Å². The second-order valence-electron chi connectivity index (χ2n) is 8.85. The Balaban J connectivity index is 1.59. The molecule has 1 aromatic heterocycles. The molecule has 2 heterocycles. The molecule has 0 saturated carbocycles. The van der Waals surface area contributed by atoms with Gasteiger partial charge in [-0.25, -0.2) is 12.8 Å². The summed E-state index contributed by atoms with van der Waals surface area (Å²) in [6.07, 6.45) is 0. The van der Waals surface area contributed by atoms with E-state index in [-0.39, 0.29) is 37.4 Å². The maximum Gasteiger partial charge on any atom is 0.272 e. The second kappa shape index (κ2) is 8.31. The zero-order chi connectivity index (χ0) is 23.1. The van der Waals surface area contributed by atoms with Gasteiger partial charge in [-0.1, -0.05) is 32.9 Å². The molecule has 1 fully saturated rings. The van der Waals surface area contributed by atoms with Crippen molar-refractivity contribution in [3.05, 3.63) is 59.5 Å². The van der Waals surface area contributed by atoms with Gasteiger partial charge in [0.25, 0.3) is 5.91 Å². The van der Waals surface area contributed by atoms with Crippen LogP contribution in [0.2, 0.25) is 0 Å². The van der Waals surface area contributed by atoms with Gasteiger partial charge >= 0.3 is 0 Å². The lowest BCUT2D eigenvalue weighted by molar-refractivity contribution is 0.0729. The number of anilines is 1. The van der Waals surface area contributed by atoms with E-state index >= 15 is 0 Å². The van der Waals surface area contributed by atoms with Gasteiger partial charge in [0, 0.05) is 29.7 Å². The number of morpholine rings is 1. The van der Waals surface area contributed by atoms with Gasteiger partial charge < -0.3 is 15.0 Å². The van der Waals surface area contributed by atoms with Crippen molar-refractivity contribution in [1.29, 1.82) is 0 Å². The molecule has 2 N–H and O–H groups in total. The van der Waals surface area contributed by atoms with E-state index in [4.69, 9.17) is 4.74 Å². The number of carbonyl (C=O) groups is 1. The lowest BCUT2D eigenvalue weighted by Gasteiger charge is -2.26. The number of fused-ring (bicyclic) bond motifs is 1. The average Bonchev–Trinajstić information content (AvgIpc) is 3.18. The van der Waals surface area contributed by atoms with E-state index in [1.807, 2.05) is 18.2 Å². The Morgan fingerprint density at radius 2 is 1.81 bits per heavy atom. The highest BCUT2D eigenvalue weighted by molar-refractivity contribution is 7.89. The molecule has 0 spiro atoms. The Morgan fingerprint density at radius 1 is 1.09 bits per heavy atom. The molecular weight excluding hydrogens is 433 g/mol. The Morgan fingerprint density at radius 3 is 2.50 bits per heavy atom. The molecule has 0 bridgehead atoms. The number of halogens is 1. The molecule has 7 nitrogen and oxygen atoms in total. The number of H-pyrrole nitrogens is 1. The number of ether oxygens (including phenoxy) is 1. The summed E-state index contributed by atoms with van der Waals surface area (Å²) in [5.41, 5.74) is 2.45. The van der Waals surface area contributed by atoms with E-state index in [0.717, 1.165) is 28.6 Å². The number of hydrogen-bond donors (Lipinski definition) is 2. The maximum atomic E-state index is 14.4. The minimum absolute atomic E-state index is 0.0296. The standard InChI is InChI=1S/C23H26FN3O4S/c1-23(2,3)16-5-4-15-12-20(26-19(15)13-16)22(28)25-17-6-7-18(24)21(14-17)32(29,30)27-8-10-31-11-9-27/h4-7,12-14,26H,8-11H2,1-3H3,(H,25,28). The first-order valence-electron chi connectivity index (χ1n) is 10.4. The van der Waals surface area contributed by atoms with Crippen LogP contribution < -0.4 is 5.32 Å². The van der Waals surface area contributed by atoms with E-state index in [2.05, 4.69) is 31.1 Å². The number of rotatable bonds is 4. The van der Waals surface area contributed by atoms with Crippen LogP contribution in [-0.4, -0.2) is 49.9 Å². The predicted molar refractivity (Wildman–Crippen MR) is 121 cm³/mol. The largest absolute Gasteiger partial charge is 0.379 e. The van der Waals surface area contributed by atoms with Gasteiger partial charge in [-0.2, -0.15) is 4.31 Å². The highest BCUT2D eigenvalue weighted by Gasteiger charge is 2.29. The van der Waals surface area contributed by atoms with Crippen molar-refractivity contribution in [1.82, 2.24) is 9.29 Å². The van der Waals surface area contributed by atoms with Crippen LogP contribution >= 0.6 is 0 Å². The van der Waals surface area contributed by atoms with Crippen molar-refractivity contribution >= 4 is 32.5 Å². The molecule has 0 aliphatic carbocycles. The number of aromatic amines is 1. The quantitative estimate of drug-likeness (QED) is 0.620. The normalized spacial score (nSPS) is 15.8. The molecule has 4 rings (SSSR count). The molecule has 3 aromatic rings. The fourth-order valence-corrected chi connectivity index (χ4v) is 5.12. The summed E-state index contributed by atoms with van der Waals surface area (Å²) < 4.78 is 46.5. The van der Waals surface area contributed by atoms with Crippen molar-refractivity contribution in [2.45, 2.75) is 31.1 Å². The molecular formula is C23H26FN3O4S. The van der Waals surface area contributed by atoms with Crippen molar-refractivity contribution in [2.24, 2.45) is 0 Å². The minimum atomic E-state index is -4.04. The molecule has 1 aliphatic heterocycles. The van der Waals surface area contributed by atoms with E-state index in [1.165, 1.54) is 10.4 Å². The summed E-state index contributed by atoms with van der Waals surface area (Å²) in [5, 5.41) is 3.55. The molecule has 2 aromatic carbocycles. The number of benzene rings is 2. The number of amides is 1. The van der Waals surface area contributed by atoms with Gasteiger partial charge in [0.15, 0.2) is 0 Å². The van der Waals surface area contributed by atoms with E-state index in [0.29, 0.717) is 5.69 Å². The number of sulfonamides is 1. The smallest absolute Gasteiger partial charge is 0.272 e. The lowest BCUT2D eigenvalue weighted by atomic mass is 9.87. The second-order valence-corrected chi connectivity index (χ2v) is 10.8. The van der Waals surface area contributed by atoms with Gasteiger partial charge in [0.05, 0.1) is 13.2 Å². The first-order valence-corrected chi connectivity index (χ1v) is 11.8. The Bertz CT molecular complexity index is 1270. The minimum Gasteiger partial charge on any atom is -0.379 e. The fraction of sp³-hybridized carbons (Fsp3) is 0.348. The first kappa shape index (κ1) is 22.4. The first-order chi connectivity index (χ1) is 15.1. The monoisotopic (exact) mass is 459 g/mol. The van der Waals surface area contributed by atoms with Gasteiger partial charge in [-0.3, -0.25) is 4.79 Å². The average molecular weight is 460 g/mol. The molecule has 1 saturated heterocycles. The summed E-state index contributed by atoms with van der Waals surface area (Å²) >= 11 is 0. The maximum absolute atomic E-state index is 14.4. The lowest BCUT2D eigenvalue weighted by Crippen LogP contribution is -2.40. The van der Waals surface area contributed by atoms with Crippen LogP contribution in [0.25, 0.3) is 10.9 Å². The Hall–Kier alpha value is -2.75. The third kappa shape index (κ3) is 4.41. The zero-order valence-electron chi connectivity index (χ0n) is 18.2. The van der Waals surface area contributed by atoms with E-state index in [1.54, 1.807) is 6.07 Å². The third-order valence-electron chi connectivity index (χ3n) is 5.51. The molecule has 9 heteroatoms. The highest BCUT2D eigenvalue weighted by atomic mass is 32.2. The topological polar surface area (TPSA) is 91.5 Å². The Kier molecular flexibility index (Phi) is 5.83. The van der Waals surface area contributed by atoms with Gasteiger partial charge in [-0.05, 0) is 41.3 Å². The number of nitrogens with zero attached hydrogens (tertiary/aromatic N) is 1. The summed E-state index contributed by atoms with van der Waals surface area (Å²) in [4.78, 5) is 15.4. The molecule has 1 aliphatic rings. The summed E-state index contributed by atoms with van der Waals surface area (Å²) in [6.45, 7) is 7.17. The SMILES string of the molecule is CC(C)(C)c1ccc2cc(C(=O)Nc3ccc(F)c(S(=O)(=O)N4CCOCC4)c3)[nH]c2c1. The number of carbonyl (C=O) groups excluding carboxylic acids is 1. The number of nitrogens with one attached hydrogen (secondary N) is 2. The number of hydrogen-bond acceptors (Lipinski definition) is 4. The van der Waals surface area contributed by atoms with Crippen molar-refractivity contribution < 1.29 is 22.3 Å². The summed E-state index contributed by atoms with van der Waals surface area (Å²) in [7, 11) is -4.04. The molecule has 0 atom stereocenters. The van der Waals surface area contributed by atoms with E-state index < -0.39 is 26.6 Å². The summed E-state index contributed by atoms with van der Waals surface area (Å²) in [6, 6.07) is 11.3. The van der Waals surface area contributed by atoms with Gasteiger partial charge in [0.2, 0.25) is 10.0 Å². The van der Waals surface area contributed by atoms with Crippen LogP contribution in [0.15, 0.2) is 47.4 Å². The molecule has 170 valence electrons. The van der Waals surface area contributed by atoms with Crippen molar-refractivity contribution in [2.75, 3.05) is 31.6 Å². The molecule has 0 unspecified atom stereocenters. The van der Waals surface area contributed by atoms with Crippen molar-refractivity contribution in [3.8, 4) is 0 Å². The van der Waals surface area contributed by atoms with Crippen LogP contribution in [0.4, 0.5) is 10.1 Å². The predicted octanol–water partition coefficient (Wildman–Crippen LogP) is 3.88. The van der Waals surface area contributed by atoms with Crippen LogP contribution in [-0.2, 0) is 20.2 Å². The third-order valence-corrected chi connectivity index (χ3v) is 7.42. The van der Waals surface area contributed by atoms with Crippen LogP contribution in [0.3, 0.4) is 0 Å². The van der Waals surface area contributed by atoms with Gasteiger partial charge in [-0.15, -0.1) is 0 Å². The van der Waals surface area contributed by atoms with Crippen LogP contribution in [0, 0.1) is 5.82 Å². The summed E-state index contributed by atoms with van der Waals surface area (Å²) in [5.74, 6) is -1.31. The fourth-order valence-electron chi connectivity index (χ4n) is 3.62. The number of aromatic nitrogens is 1. The van der Waals surface area contributed by atoms with Crippen molar-refractivity contribution in [3.63, 3.8) is 0 Å². The van der Waals surface area contributed by atoms with E-state index in [9.17, 15) is 17.6 Å². The Labute approximate surface area is 186 Å². The van der Waals surface area contributed by atoms with Crippen LogP contribution in [0.5, 0.6) is 0 Å².